The number of hydrogen-bond donors (Lipinski definition) is 2. The summed E-state index contributed by atoms with van der Waals surface area (Å²) in [6.45, 7) is 7.25. The Kier molecular flexibility index (Phi) is 6.05. The maximum atomic E-state index is 14.4. The Bertz CT molecular complexity index is 1030. The van der Waals surface area contributed by atoms with Gasteiger partial charge in [0.2, 0.25) is 5.91 Å². The Balaban J connectivity index is 1.34. The Hall–Kier alpha value is -2.58. The highest BCUT2D eigenvalue weighted by molar-refractivity contribution is 5.85. The van der Waals surface area contributed by atoms with E-state index >= 15 is 0 Å². The van der Waals surface area contributed by atoms with Crippen LogP contribution in [-0.4, -0.2) is 64.6 Å². The highest BCUT2D eigenvalue weighted by Gasteiger charge is 2.37. The minimum atomic E-state index is -0.533. The molecular weight excluding hydrogens is 421 g/mol. The number of aliphatic hydroxyl groups is 1. The molecule has 5 rings (SSSR count). The molecule has 176 valence electrons. The molecule has 2 fully saturated rings. The van der Waals surface area contributed by atoms with Crippen LogP contribution in [0.15, 0.2) is 24.5 Å². The maximum absolute atomic E-state index is 14.4. The van der Waals surface area contributed by atoms with E-state index in [0.29, 0.717) is 38.2 Å². The summed E-state index contributed by atoms with van der Waals surface area (Å²) in [5, 5.41) is 13.8. The van der Waals surface area contributed by atoms with Crippen molar-refractivity contribution in [3.8, 4) is 0 Å². The molecule has 1 aromatic carbocycles. The van der Waals surface area contributed by atoms with Crippen molar-refractivity contribution in [1.29, 1.82) is 0 Å². The van der Waals surface area contributed by atoms with Crippen molar-refractivity contribution in [2.75, 3.05) is 37.6 Å². The van der Waals surface area contributed by atoms with Gasteiger partial charge < -0.3 is 20.2 Å². The van der Waals surface area contributed by atoms with Crippen LogP contribution in [0.5, 0.6) is 0 Å². The second-order valence-electron chi connectivity index (χ2n) is 9.65. The fraction of sp³-hybridized carbons (Fsp3) is 0.560. The normalized spacial score (nSPS) is 25.9. The van der Waals surface area contributed by atoms with Crippen molar-refractivity contribution >= 4 is 11.7 Å². The molecule has 0 spiro atoms. The Labute approximate surface area is 194 Å². The van der Waals surface area contributed by atoms with Gasteiger partial charge in [-0.05, 0) is 55.8 Å². The molecule has 33 heavy (non-hydrogen) atoms. The molecule has 0 bridgehead atoms. The van der Waals surface area contributed by atoms with E-state index in [2.05, 4.69) is 27.1 Å². The van der Waals surface area contributed by atoms with Gasteiger partial charge in [-0.1, -0.05) is 19.1 Å². The zero-order valence-electron chi connectivity index (χ0n) is 19.3. The molecule has 1 aromatic heterocycles. The molecule has 2 aromatic rings. The van der Waals surface area contributed by atoms with Gasteiger partial charge in [0.15, 0.2) is 0 Å². The van der Waals surface area contributed by atoms with Crippen LogP contribution in [0.2, 0.25) is 0 Å². The lowest BCUT2D eigenvalue weighted by atomic mass is 9.88. The number of amides is 1. The van der Waals surface area contributed by atoms with Crippen LogP contribution in [0.25, 0.3) is 0 Å². The second kappa shape index (κ2) is 8.99. The van der Waals surface area contributed by atoms with Gasteiger partial charge >= 0.3 is 0 Å². The summed E-state index contributed by atoms with van der Waals surface area (Å²) in [6.07, 6.45) is 3.61. The number of halogens is 1. The van der Waals surface area contributed by atoms with Crippen LogP contribution in [0.1, 0.15) is 66.5 Å². The van der Waals surface area contributed by atoms with Gasteiger partial charge in [0.25, 0.3) is 0 Å². The lowest BCUT2D eigenvalue weighted by Gasteiger charge is -2.38. The van der Waals surface area contributed by atoms with Crippen molar-refractivity contribution in [1.82, 2.24) is 20.2 Å². The summed E-state index contributed by atoms with van der Waals surface area (Å²) in [6, 6.07) is 5.23. The van der Waals surface area contributed by atoms with Gasteiger partial charge in [-0.15, -0.1) is 0 Å². The number of piperazine rings is 1. The lowest BCUT2D eigenvalue weighted by Crippen LogP contribution is -2.52. The second-order valence-corrected chi connectivity index (χ2v) is 9.65. The van der Waals surface area contributed by atoms with E-state index in [1.807, 2.05) is 11.0 Å². The molecule has 0 unspecified atom stereocenters. The fourth-order valence-electron chi connectivity index (χ4n) is 5.64. The number of aryl methyl sites for hydroxylation is 1. The average molecular weight is 454 g/mol. The quantitative estimate of drug-likeness (QED) is 0.741. The molecule has 0 saturated carbocycles. The minimum Gasteiger partial charge on any atom is -0.387 e. The highest BCUT2D eigenvalue weighted by Crippen LogP contribution is 2.43. The van der Waals surface area contributed by atoms with E-state index in [0.717, 1.165) is 42.0 Å². The van der Waals surface area contributed by atoms with Gasteiger partial charge in [0.1, 0.15) is 18.0 Å². The van der Waals surface area contributed by atoms with E-state index in [-0.39, 0.29) is 29.6 Å². The van der Waals surface area contributed by atoms with Gasteiger partial charge in [-0.3, -0.25) is 4.79 Å². The first-order valence-corrected chi connectivity index (χ1v) is 12.0. The van der Waals surface area contributed by atoms with Gasteiger partial charge in [-0.25, -0.2) is 14.4 Å². The van der Waals surface area contributed by atoms with Gasteiger partial charge in [-0.2, -0.15) is 0 Å². The summed E-state index contributed by atoms with van der Waals surface area (Å²) < 4.78 is 14.4. The molecule has 2 aliphatic heterocycles. The first kappa shape index (κ1) is 22.2. The molecule has 4 atom stereocenters. The predicted octanol–water partition coefficient (Wildman–Crippen LogP) is 2.65. The molecule has 2 N–H and O–H groups in total. The topological polar surface area (TPSA) is 81.6 Å². The molecular formula is C25H32FN5O2. The number of carbonyl (C=O) groups excluding carboxylic acids is 1. The number of fused-ring (bicyclic) bond motifs is 1. The summed E-state index contributed by atoms with van der Waals surface area (Å²) in [5.74, 6) is 0.509. The predicted molar refractivity (Wildman–Crippen MR) is 124 cm³/mol. The van der Waals surface area contributed by atoms with Crippen LogP contribution >= 0.6 is 0 Å². The Morgan fingerprint density at radius 2 is 2.03 bits per heavy atom. The molecule has 1 amide bonds. The maximum Gasteiger partial charge on any atom is 0.231 e. The minimum absolute atomic E-state index is 0.0325. The van der Waals surface area contributed by atoms with Crippen LogP contribution < -0.4 is 10.2 Å². The van der Waals surface area contributed by atoms with Crippen molar-refractivity contribution in [3.63, 3.8) is 0 Å². The third-order valence-electron chi connectivity index (χ3n) is 7.49. The molecule has 8 heteroatoms. The van der Waals surface area contributed by atoms with E-state index in [1.54, 1.807) is 13.0 Å². The number of hydrogen-bond acceptors (Lipinski definition) is 6. The smallest absolute Gasteiger partial charge is 0.231 e. The van der Waals surface area contributed by atoms with Crippen molar-refractivity contribution < 1.29 is 14.3 Å². The SMILES string of the molecule is Cc1ccc([C@H](C(=O)N2CCN(c3ncnc4c3[C@H](C)C[C@H]4O)CC2)[C@@H]2CCCN2)cc1F. The zero-order chi connectivity index (χ0) is 23.1. The number of rotatable bonds is 4. The van der Waals surface area contributed by atoms with Crippen LogP contribution in [0.3, 0.4) is 0 Å². The number of anilines is 1. The first-order valence-electron chi connectivity index (χ1n) is 12.0. The van der Waals surface area contributed by atoms with Gasteiger partial charge in [0, 0.05) is 37.8 Å². The third kappa shape index (κ3) is 4.10. The summed E-state index contributed by atoms with van der Waals surface area (Å²) in [4.78, 5) is 26.7. The molecule has 7 nitrogen and oxygen atoms in total. The summed E-state index contributed by atoms with van der Waals surface area (Å²) in [5.41, 5.74) is 3.11. The highest BCUT2D eigenvalue weighted by atomic mass is 19.1. The van der Waals surface area contributed by atoms with Crippen molar-refractivity contribution in [2.45, 2.75) is 57.1 Å². The van der Waals surface area contributed by atoms with Crippen molar-refractivity contribution in [2.24, 2.45) is 0 Å². The molecule has 3 aliphatic rings. The fourth-order valence-corrected chi connectivity index (χ4v) is 5.64. The van der Waals surface area contributed by atoms with Crippen LogP contribution in [-0.2, 0) is 4.79 Å². The average Bonchev–Trinajstić information content (AvgIpc) is 3.45. The molecule has 1 aliphatic carbocycles. The van der Waals surface area contributed by atoms with Crippen LogP contribution in [0.4, 0.5) is 10.2 Å². The summed E-state index contributed by atoms with van der Waals surface area (Å²) >= 11 is 0. The van der Waals surface area contributed by atoms with E-state index in [1.165, 1.54) is 12.4 Å². The standard InChI is InChI=1S/C25H32FN5O2/c1-15-5-6-17(13-18(15)26)22(19-4-3-7-27-19)25(33)31-10-8-30(9-11-31)24-21-16(2)12-20(32)23(21)28-14-29-24/h5-6,13-14,16,19-20,22,27,32H,3-4,7-12H2,1-2H3/t16-,19+,20-,22+/m1/s1. The first-order chi connectivity index (χ1) is 15.9. The van der Waals surface area contributed by atoms with E-state index < -0.39 is 6.10 Å². The third-order valence-corrected chi connectivity index (χ3v) is 7.49. The van der Waals surface area contributed by atoms with E-state index in [9.17, 15) is 14.3 Å². The monoisotopic (exact) mass is 453 g/mol. The Morgan fingerprint density at radius 1 is 1.24 bits per heavy atom. The number of aromatic nitrogens is 2. The zero-order valence-corrected chi connectivity index (χ0v) is 19.3. The number of nitrogens with one attached hydrogen (secondary N) is 1. The van der Waals surface area contributed by atoms with Crippen molar-refractivity contribution in [3.05, 3.63) is 52.7 Å². The molecule has 0 radical (unpaired) electrons. The number of nitrogens with zero attached hydrogens (tertiary/aromatic N) is 4. The number of benzene rings is 1. The molecule has 2 saturated heterocycles. The largest absolute Gasteiger partial charge is 0.387 e. The summed E-state index contributed by atoms with van der Waals surface area (Å²) in [7, 11) is 0. The molecule has 3 heterocycles. The van der Waals surface area contributed by atoms with Crippen LogP contribution in [0, 0.1) is 12.7 Å². The van der Waals surface area contributed by atoms with Gasteiger partial charge in [0.05, 0.1) is 17.7 Å². The Morgan fingerprint density at radius 3 is 2.73 bits per heavy atom. The lowest BCUT2D eigenvalue weighted by molar-refractivity contribution is -0.133. The number of carbonyl (C=O) groups is 1. The number of aliphatic hydroxyl groups excluding tert-OH is 1. The van der Waals surface area contributed by atoms with E-state index in [4.69, 9.17) is 0 Å².